The molecule has 0 aromatic rings. The van der Waals surface area contributed by atoms with Crippen molar-refractivity contribution < 1.29 is 14.6 Å². The fourth-order valence-corrected chi connectivity index (χ4v) is 2.49. The van der Waals surface area contributed by atoms with E-state index in [0.717, 1.165) is 6.54 Å². The minimum Gasteiger partial charge on any atom is -0.480 e. The van der Waals surface area contributed by atoms with Crippen molar-refractivity contribution in [2.75, 3.05) is 20.3 Å². The number of aliphatic carboxylic acids is 1. The van der Waals surface area contributed by atoms with E-state index in [1.807, 2.05) is 0 Å². The number of methoxy groups -OCH3 is 1. The smallest absolute Gasteiger partial charge is 0.323 e. The van der Waals surface area contributed by atoms with Crippen molar-refractivity contribution in [3.05, 3.63) is 0 Å². The van der Waals surface area contributed by atoms with Crippen LogP contribution in [0.15, 0.2) is 0 Å². The lowest BCUT2D eigenvalue weighted by molar-refractivity contribution is -0.140. The number of carboxylic acid groups (broad SMARTS) is 1. The minimum absolute atomic E-state index is 0.211. The molecule has 0 bridgehead atoms. The summed E-state index contributed by atoms with van der Waals surface area (Å²) in [6.45, 7) is 9.86. The molecule has 0 aromatic carbocycles. The van der Waals surface area contributed by atoms with Crippen LogP contribution < -0.4 is 5.32 Å². The van der Waals surface area contributed by atoms with Crippen LogP contribution in [0.1, 0.15) is 27.7 Å². The summed E-state index contributed by atoms with van der Waals surface area (Å²) < 4.78 is 4.88. The van der Waals surface area contributed by atoms with Gasteiger partial charge in [-0.05, 0) is 23.3 Å². The normalized spacial score (nSPS) is 24.1. The number of rotatable bonds is 6. The number of ether oxygens (including phenoxy) is 1. The van der Waals surface area contributed by atoms with Crippen LogP contribution >= 0.6 is 0 Å². The van der Waals surface area contributed by atoms with E-state index >= 15 is 0 Å². The predicted molar refractivity (Wildman–Crippen MR) is 62.4 cm³/mol. The maximum absolute atomic E-state index is 10.9. The third kappa shape index (κ3) is 2.23. The molecule has 1 rings (SSSR count). The lowest BCUT2D eigenvalue weighted by atomic mass is 10.0. The number of carboxylic acids is 1. The van der Waals surface area contributed by atoms with E-state index in [4.69, 9.17) is 9.84 Å². The van der Waals surface area contributed by atoms with E-state index < -0.39 is 12.0 Å². The Bertz CT molecular complexity index is 259. The standard InChI is InChI=1S/C12H23NO3/c1-11(2)9(12(11,3)4)6-13-8(7-16-5)10(14)15/h8-9,13H,6-7H2,1-5H3,(H,14,15). The van der Waals surface area contributed by atoms with E-state index in [9.17, 15) is 4.79 Å². The average Bonchev–Trinajstić information content (AvgIpc) is 2.52. The number of nitrogens with one attached hydrogen (secondary N) is 1. The lowest BCUT2D eigenvalue weighted by Crippen LogP contribution is -2.41. The molecule has 1 atom stereocenters. The molecule has 0 spiro atoms. The van der Waals surface area contributed by atoms with Gasteiger partial charge >= 0.3 is 5.97 Å². The molecule has 1 unspecified atom stereocenters. The van der Waals surface area contributed by atoms with Crippen LogP contribution in [-0.4, -0.2) is 37.4 Å². The minimum atomic E-state index is -0.849. The maximum Gasteiger partial charge on any atom is 0.323 e. The van der Waals surface area contributed by atoms with Crippen molar-refractivity contribution in [2.45, 2.75) is 33.7 Å². The van der Waals surface area contributed by atoms with Crippen LogP contribution in [-0.2, 0) is 9.53 Å². The van der Waals surface area contributed by atoms with Gasteiger partial charge in [-0.25, -0.2) is 0 Å². The van der Waals surface area contributed by atoms with Crippen LogP contribution in [0.5, 0.6) is 0 Å². The fourth-order valence-electron chi connectivity index (χ4n) is 2.49. The zero-order chi connectivity index (χ0) is 12.6. The molecule has 0 radical (unpaired) electrons. The summed E-state index contributed by atoms with van der Waals surface area (Å²) in [5.74, 6) is -0.322. The van der Waals surface area contributed by atoms with Gasteiger partial charge in [-0.3, -0.25) is 4.79 Å². The predicted octanol–water partition coefficient (Wildman–Crippen LogP) is 1.36. The number of hydrogen-bond acceptors (Lipinski definition) is 3. The summed E-state index contributed by atoms with van der Waals surface area (Å²) in [6.07, 6.45) is 0. The monoisotopic (exact) mass is 229 g/mol. The van der Waals surface area contributed by atoms with Crippen LogP contribution in [0.4, 0.5) is 0 Å². The van der Waals surface area contributed by atoms with Crippen molar-refractivity contribution in [3.8, 4) is 0 Å². The molecule has 0 aromatic heterocycles. The average molecular weight is 229 g/mol. The van der Waals surface area contributed by atoms with E-state index in [1.54, 1.807) is 0 Å². The van der Waals surface area contributed by atoms with Gasteiger partial charge in [0.05, 0.1) is 6.61 Å². The second kappa shape index (κ2) is 4.34. The zero-order valence-corrected chi connectivity index (χ0v) is 10.8. The van der Waals surface area contributed by atoms with Gasteiger partial charge in [0, 0.05) is 7.11 Å². The molecule has 2 N–H and O–H groups in total. The molecular formula is C12H23NO3. The van der Waals surface area contributed by atoms with Gasteiger partial charge in [-0.2, -0.15) is 0 Å². The van der Waals surface area contributed by atoms with Gasteiger partial charge in [0.2, 0.25) is 0 Å². The Balaban J connectivity index is 2.43. The largest absolute Gasteiger partial charge is 0.480 e. The second-order valence-corrected chi connectivity index (χ2v) is 5.75. The third-order valence-electron chi connectivity index (χ3n) is 4.52. The Hall–Kier alpha value is -0.610. The number of hydrogen-bond donors (Lipinski definition) is 2. The molecule has 94 valence electrons. The number of carbonyl (C=O) groups is 1. The molecule has 1 fully saturated rings. The highest BCUT2D eigenvalue weighted by atomic mass is 16.5. The van der Waals surface area contributed by atoms with E-state index in [0.29, 0.717) is 5.92 Å². The zero-order valence-electron chi connectivity index (χ0n) is 10.8. The summed E-state index contributed by atoms with van der Waals surface area (Å²) in [4.78, 5) is 10.9. The molecule has 1 aliphatic carbocycles. The molecule has 4 heteroatoms. The van der Waals surface area contributed by atoms with Gasteiger partial charge in [0.1, 0.15) is 6.04 Å². The Morgan fingerprint density at radius 2 is 1.88 bits per heavy atom. The van der Waals surface area contributed by atoms with Gasteiger partial charge in [0.15, 0.2) is 0 Å². The van der Waals surface area contributed by atoms with Gasteiger partial charge in [0.25, 0.3) is 0 Å². The van der Waals surface area contributed by atoms with Crippen LogP contribution in [0.3, 0.4) is 0 Å². The maximum atomic E-state index is 10.9. The van der Waals surface area contributed by atoms with Crippen molar-refractivity contribution in [3.63, 3.8) is 0 Å². The summed E-state index contributed by atoms with van der Waals surface area (Å²) in [7, 11) is 1.52. The first-order chi connectivity index (χ1) is 7.25. The SMILES string of the molecule is COCC(NCC1C(C)(C)C1(C)C)C(=O)O. The highest BCUT2D eigenvalue weighted by molar-refractivity contribution is 5.73. The topological polar surface area (TPSA) is 58.6 Å². The summed E-state index contributed by atoms with van der Waals surface area (Å²) in [6, 6.07) is -0.600. The van der Waals surface area contributed by atoms with Crippen molar-refractivity contribution in [1.29, 1.82) is 0 Å². The molecule has 1 aliphatic rings. The van der Waals surface area contributed by atoms with Crippen molar-refractivity contribution >= 4 is 5.97 Å². The summed E-state index contributed by atoms with van der Waals surface area (Å²) in [5, 5.41) is 12.0. The molecule has 0 aliphatic heterocycles. The van der Waals surface area contributed by atoms with E-state index in [2.05, 4.69) is 33.0 Å². The lowest BCUT2D eigenvalue weighted by Gasteiger charge is -2.14. The van der Waals surface area contributed by atoms with Crippen LogP contribution in [0.25, 0.3) is 0 Å². The summed E-state index contributed by atoms with van der Waals surface area (Å²) in [5.41, 5.74) is 0.576. The molecule has 1 saturated carbocycles. The Kier molecular flexibility index (Phi) is 3.65. The Morgan fingerprint density at radius 1 is 1.38 bits per heavy atom. The highest BCUT2D eigenvalue weighted by Crippen LogP contribution is 2.67. The molecule has 4 nitrogen and oxygen atoms in total. The molecular weight excluding hydrogens is 206 g/mol. The summed E-state index contributed by atoms with van der Waals surface area (Å²) >= 11 is 0. The quantitative estimate of drug-likeness (QED) is 0.722. The first kappa shape index (κ1) is 13.5. The van der Waals surface area contributed by atoms with E-state index in [-0.39, 0.29) is 17.4 Å². The molecule has 0 saturated heterocycles. The van der Waals surface area contributed by atoms with Gasteiger partial charge in [-0.15, -0.1) is 0 Å². The Morgan fingerprint density at radius 3 is 2.19 bits per heavy atom. The second-order valence-electron chi connectivity index (χ2n) is 5.75. The van der Waals surface area contributed by atoms with Crippen LogP contribution in [0.2, 0.25) is 0 Å². The Labute approximate surface area is 97.4 Å². The van der Waals surface area contributed by atoms with Crippen molar-refractivity contribution in [2.24, 2.45) is 16.7 Å². The third-order valence-corrected chi connectivity index (χ3v) is 4.52. The van der Waals surface area contributed by atoms with E-state index in [1.165, 1.54) is 7.11 Å². The molecule has 16 heavy (non-hydrogen) atoms. The molecule has 0 heterocycles. The first-order valence-corrected chi connectivity index (χ1v) is 5.70. The first-order valence-electron chi connectivity index (χ1n) is 5.70. The fraction of sp³-hybridized carbons (Fsp3) is 0.917. The highest BCUT2D eigenvalue weighted by Gasteiger charge is 2.64. The van der Waals surface area contributed by atoms with Gasteiger partial charge < -0.3 is 15.2 Å². The van der Waals surface area contributed by atoms with Crippen LogP contribution in [0, 0.1) is 16.7 Å². The van der Waals surface area contributed by atoms with Crippen molar-refractivity contribution in [1.82, 2.24) is 5.32 Å². The molecule has 0 amide bonds. The van der Waals surface area contributed by atoms with Gasteiger partial charge in [-0.1, -0.05) is 27.7 Å².